The van der Waals surface area contributed by atoms with Crippen LogP contribution in [0.4, 0.5) is 4.79 Å². The van der Waals surface area contributed by atoms with Gasteiger partial charge in [0.15, 0.2) is 0 Å². The van der Waals surface area contributed by atoms with Gasteiger partial charge < -0.3 is 20.5 Å². The van der Waals surface area contributed by atoms with Crippen molar-refractivity contribution in [3.8, 4) is 0 Å². The monoisotopic (exact) mass is 286 g/mol. The van der Waals surface area contributed by atoms with Crippen LogP contribution in [-0.4, -0.2) is 40.9 Å². The van der Waals surface area contributed by atoms with Crippen molar-refractivity contribution in [2.24, 2.45) is 5.92 Å². The molecule has 6 nitrogen and oxygen atoms in total. The van der Waals surface area contributed by atoms with Crippen LogP contribution in [0.5, 0.6) is 0 Å². The second-order valence-electron chi connectivity index (χ2n) is 6.74. The number of carbonyl (C=O) groups is 2. The maximum absolute atomic E-state index is 11.6. The van der Waals surface area contributed by atoms with Crippen LogP contribution in [0, 0.1) is 5.92 Å². The van der Waals surface area contributed by atoms with Crippen molar-refractivity contribution in [2.45, 2.75) is 71.2 Å². The predicted molar refractivity (Wildman–Crippen MR) is 75.6 cm³/mol. The first kappa shape index (κ1) is 16.8. The molecule has 1 amide bonds. The Kier molecular flexibility index (Phi) is 5.39. The number of rotatable bonds is 5. The highest BCUT2D eigenvalue weighted by Gasteiger charge is 2.35. The second kappa shape index (κ2) is 6.43. The Labute approximate surface area is 120 Å². The lowest BCUT2D eigenvalue weighted by molar-refractivity contribution is -0.141. The summed E-state index contributed by atoms with van der Waals surface area (Å²) in [4.78, 5) is 22.6. The third-order valence-electron chi connectivity index (χ3n) is 3.21. The smallest absolute Gasteiger partial charge is 0.407 e. The molecule has 0 heterocycles. The van der Waals surface area contributed by atoms with Crippen molar-refractivity contribution >= 4 is 12.1 Å². The Morgan fingerprint density at radius 1 is 1.20 bits per heavy atom. The summed E-state index contributed by atoms with van der Waals surface area (Å²) in [5, 5.41) is 15.0. The van der Waals surface area contributed by atoms with Gasteiger partial charge in [-0.15, -0.1) is 0 Å². The molecule has 0 saturated heterocycles. The molecule has 0 aromatic carbocycles. The second-order valence-corrected chi connectivity index (χ2v) is 6.74. The molecule has 6 heteroatoms. The number of carbonyl (C=O) groups excluding carboxylic acids is 1. The molecule has 3 N–H and O–H groups in total. The summed E-state index contributed by atoms with van der Waals surface area (Å²) >= 11 is 0. The van der Waals surface area contributed by atoms with Gasteiger partial charge in [0, 0.05) is 12.1 Å². The van der Waals surface area contributed by atoms with Crippen molar-refractivity contribution in [1.82, 2.24) is 10.6 Å². The first-order valence-electron chi connectivity index (χ1n) is 7.07. The average Bonchev–Trinajstić information content (AvgIpc) is 2.16. The molecule has 1 rings (SSSR count). The van der Waals surface area contributed by atoms with Crippen LogP contribution in [-0.2, 0) is 9.53 Å². The van der Waals surface area contributed by atoms with E-state index >= 15 is 0 Å². The van der Waals surface area contributed by atoms with Crippen molar-refractivity contribution in [3.63, 3.8) is 0 Å². The number of ether oxygens (including phenoxy) is 1. The Morgan fingerprint density at radius 3 is 2.15 bits per heavy atom. The topological polar surface area (TPSA) is 87.7 Å². The van der Waals surface area contributed by atoms with E-state index in [1.807, 2.05) is 34.6 Å². The summed E-state index contributed by atoms with van der Waals surface area (Å²) in [5.41, 5.74) is -0.502. The summed E-state index contributed by atoms with van der Waals surface area (Å²) in [6.07, 6.45) is 1.05. The van der Waals surface area contributed by atoms with Gasteiger partial charge in [0.05, 0.1) is 0 Å². The largest absolute Gasteiger partial charge is 0.480 e. The SMILES string of the molecule is CC(C)C(NC1CC(NC(=O)OC(C)(C)C)C1)C(=O)O. The molecule has 0 aromatic rings. The zero-order valence-corrected chi connectivity index (χ0v) is 12.9. The third-order valence-corrected chi connectivity index (χ3v) is 3.21. The van der Waals surface area contributed by atoms with E-state index in [0.717, 1.165) is 12.8 Å². The maximum Gasteiger partial charge on any atom is 0.407 e. The quantitative estimate of drug-likeness (QED) is 0.716. The average molecular weight is 286 g/mol. The molecular formula is C14H26N2O4. The van der Waals surface area contributed by atoms with E-state index in [0.29, 0.717) is 0 Å². The molecule has 1 fully saturated rings. The summed E-state index contributed by atoms with van der Waals surface area (Å²) in [6.45, 7) is 9.20. The number of amides is 1. The van der Waals surface area contributed by atoms with Gasteiger partial charge in [0.1, 0.15) is 11.6 Å². The number of hydrogen-bond donors (Lipinski definition) is 3. The lowest BCUT2D eigenvalue weighted by Crippen LogP contribution is -2.57. The van der Waals surface area contributed by atoms with E-state index in [9.17, 15) is 9.59 Å². The van der Waals surface area contributed by atoms with Crippen LogP contribution in [0.15, 0.2) is 0 Å². The molecular weight excluding hydrogens is 260 g/mol. The van der Waals surface area contributed by atoms with Crippen molar-refractivity contribution < 1.29 is 19.4 Å². The summed E-state index contributed by atoms with van der Waals surface area (Å²) in [5.74, 6) is -0.797. The first-order valence-corrected chi connectivity index (χ1v) is 7.07. The molecule has 1 saturated carbocycles. The highest BCUT2D eigenvalue weighted by Crippen LogP contribution is 2.22. The number of hydrogen-bond acceptors (Lipinski definition) is 4. The van der Waals surface area contributed by atoms with Crippen LogP contribution >= 0.6 is 0 Å². The van der Waals surface area contributed by atoms with E-state index in [1.165, 1.54) is 0 Å². The maximum atomic E-state index is 11.6. The van der Waals surface area contributed by atoms with E-state index in [2.05, 4.69) is 10.6 Å². The minimum atomic E-state index is -0.830. The van der Waals surface area contributed by atoms with Gasteiger partial charge in [-0.1, -0.05) is 13.8 Å². The van der Waals surface area contributed by atoms with Gasteiger partial charge in [0.2, 0.25) is 0 Å². The van der Waals surface area contributed by atoms with E-state index in [1.54, 1.807) is 0 Å². The standard InChI is InChI=1S/C14H26N2O4/c1-8(2)11(12(17)18)15-9-6-10(7-9)16-13(19)20-14(3,4)5/h8-11,15H,6-7H2,1-5H3,(H,16,19)(H,17,18). The predicted octanol–water partition coefficient (Wildman–Crippen LogP) is 1.74. The van der Waals surface area contributed by atoms with Gasteiger partial charge >= 0.3 is 12.1 Å². The number of alkyl carbamates (subject to hydrolysis) is 1. The normalized spacial score (nSPS) is 23.9. The Hall–Kier alpha value is -1.30. The van der Waals surface area contributed by atoms with E-state index in [4.69, 9.17) is 9.84 Å². The fourth-order valence-corrected chi connectivity index (χ4v) is 2.15. The van der Waals surface area contributed by atoms with Crippen LogP contribution in [0.2, 0.25) is 0 Å². The first-order chi connectivity index (χ1) is 9.08. The Balaban J connectivity index is 2.29. The lowest BCUT2D eigenvalue weighted by atomic mass is 9.85. The summed E-state index contributed by atoms with van der Waals surface area (Å²) < 4.78 is 5.17. The van der Waals surface area contributed by atoms with Gasteiger partial charge in [0.25, 0.3) is 0 Å². The van der Waals surface area contributed by atoms with Crippen LogP contribution < -0.4 is 10.6 Å². The van der Waals surface area contributed by atoms with Crippen LogP contribution in [0.1, 0.15) is 47.5 Å². The molecule has 0 bridgehead atoms. The van der Waals surface area contributed by atoms with Crippen molar-refractivity contribution in [2.75, 3.05) is 0 Å². The summed E-state index contributed by atoms with van der Waals surface area (Å²) in [7, 11) is 0. The number of aliphatic carboxylic acids is 1. The minimum Gasteiger partial charge on any atom is -0.480 e. The molecule has 116 valence electrons. The Bertz CT molecular complexity index is 357. The van der Waals surface area contributed by atoms with E-state index in [-0.39, 0.29) is 18.0 Å². The molecule has 20 heavy (non-hydrogen) atoms. The fourth-order valence-electron chi connectivity index (χ4n) is 2.15. The van der Waals surface area contributed by atoms with Gasteiger partial charge in [-0.25, -0.2) is 4.79 Å². The van der Waals surface area contributed by atoms with Crippen molar-refractivity contribution in [3.05, 3.63) is 0 Å². The summed E-state index contributed by atoms with van der Waals surface area (Å²) in [6, 6.07) is -0.343. The number of carboxylic acid groups (broad SMARTS) is 1. The highest BCUT2D eigenvalue weighted by atomic mass is 16.6. The number of carboxylic acids is 1. The van der Waals surface area contributed by atoms with Gasteiger partial charge in [-0.3, -0.25) is 4.79 Å². The Morgan fingerprint density at radius 2 is 1.75 bits per heavy atom. The molecule has 1 atom stereocenters. The highest BCUT2D eigenvalue weighted by molar-refractivity contribution is 5.73. The molecule has 1 aliphatic rings. The zero-order chi connectivity index (χ0) is 15.5. The lowest BCUT2D eigenvalue weighted by Gasteiger charge is -2.38. The zero-order valence-electron chi connectivity index (χ0n) is 12.9. The van der Waals surface area contributed by atoms with Crippen LogP contribution in [0.25, 0.3) is 0 Å². The third kappa shape index (κ3) is 5.36. The molecule has 0 aromatic heterocycles. The molecule has 1 aliphatic carbocycles. The van der Waals surface area contributed by atoms with Crippen LogP contribution in [0.3, 0.4) is 0 Å². The molecule has 0 radical (unpaired) electrons. The van der Waals surface area contributed by atoms with Crippen molar-refractivity contribution in [1.29, 1.82) is 0 Å². The van der Waals surface area contributed by atoms with E-state index < -0.39 is 23.7 Å². The minimum absolute atomic E-state index is 0.0327. The molecule has 1 unspecified atom stereocenters. The molecule has 0 spiro atoms. The van der Waals surface area contributed by atoms with Gasteiger partial charge in [-0.2, -0.15) is 0 Å². The van der Waals surface area contributed by atoms with Gasteiger partial charge in [-0.05, 0) is 39.5 Å². The number of nitrogens with one attached hydrogen (secondary N) is 2. The fraction of sp³-hybridized carbons (Fsp3) is 0.857. The molecule has 0 aliphatic heterocycles.